The molecule has 7 heteroatoms. The van der Waals surface area contributed by atoms with Crippen molar-refractivity contribution in [2.75, 3.05) is 0 Å². The molecule has 7 nitrogen and oxygen atoms in total. The Morgan fingerprint density at radius 1 is 0.380 bits per heavy atom. The highest BCUT2D eigenvalue weighted by Crippen LogP contribution is 2.41. The predicted octanol–water partition coefficient (Wildman–Crippen LogP) is 17.2. The summed E-state index contributed by atoms with van der Waals surface area (Å²) in [5.74, 6) is 2.27. The number of Topliss-reactive ketones (excluding diaryl/α,β-unsaturated/α-hetero) is 1. The van der Waals surface area contributed by atoms with Crippen molar-refractivity contribution in [2.24, 2.45) is 0 Å². The average molecular weight is 1070 g/mol. The van der Waals surface area contributed by atoms with E-state index in [-0.39, 0.29) is 24.2 Å². The Bertz CT molecular complexity index is 2500. The van der Waals surface area contributed by atoms with Crippen molar-refractivity contribution in [1.82, 2.24) is 0 Å². The lowest BCUT2D eigenvalue weighted by Gasteiger charge is -2.34. The molecule has 6 aromatic rings. The van der Waals surface area contributed by atoms with Crippen LogP contribution in [0.1, 0.15) is 224 Å². The van der Waals surface area contributed by atoms with Gasteiger partial charge in [-0.1, -0.05) is 246 Å². The quantitative estimate of drug-likeness (QED) is 0.0796. The van der Waals surface area contributed by atoms with Crippen molar-refractivity contribution in [3.05, 3.63) is 215 Å². The number of rotatable bonds is 7. The number of aliphatic hydroxyl groups excluding tert-OH is 3. The van der Waals surface area contributed by atoms with Crippen LogP contribution in [0.4, 0.5) is 0 Å². The van der Waals surface area contributed by atoms with Gasteiger partial charge in [-0.3, -0.25) is 10.1 Å². The number of carbonyl (C=O) groups excluding carboxylic acids is 1. The normalized spacial score (nSPS) is 25.1. The monoisotopic (exact) mass is 1070 g/mol. The van der Waals surface area contributed by atoms with Crippen LogP contribution in [-0.4, -0.2) is 49.8 Å². The van der Waals surface area contributed by atoms with Gasteiger partial charge < -0.3 is 20.4 Å². The Balaban J connectivity index is 0.000000137. The van der Waals surface area contributed by atoms with Gasteiger partial charge in [-0.15, -0.1) is 0 Å². The molecule has 6 saturated carbocycles. The van der Waals surface area contributed by atoms with Gasteiger partial charge in [0, 0.05) is 18.3 Å². The summed E-state index contributed by atoms with van der Waals surface area (Å²) in [6.07, 6.45) is 27.8. The number of ketones is 1. The molecule has 0 aliphatic heterocycles. The second kappa shape index (κ2) is 33.5. The van der Waals surface area contributed by atoms with Crippen LogP contribution in [0, 0.1) is 0 Å². The van der Waals surface area contributed by atoms with Crippen molar-refractivity contribution in [3.8, 4) is 0 Å². The first kappa shape index (κ1) is 61.4. The van der Waals surface area contributed by atoms with Gasteiger partial charge in [0.05, 0.1) is 23.9 Å². The van der Waals surface area contributed by atoms with Crippen LogP contribution in [0.15, 0.2) is 182 Å². The Morgan fingerprint density at radius 2 is 0.835 bits per heavy atom. The largest absolute Gasteiger partial charge is 0.393 e. The average Bonchev–Trinajstić information content (AvgIpc) is 3.53. The molecular weight excluding hydrogens is 977 g/mol. The molecule has 6 fully saturated rings. The van der Waals surface area contributed by atoms with Gasteiger partial charge in [0.25, 0.3) is 0 Å². The molecule has 0 spiro atoms. The zero-order valence-electron chi connectivity index (χ0n) is 47.3. The van der Waals surface area contributed by atoms with Crippen LogP contribution in [0.5, 0.6) is 0 Å². The topological polar surface area (TPSA) is 127 Å². The fraction of sp³-hybridized carbons (Fsp3) is 0.486. The first-order valence-electron chi connectivity index (χ1n) is 30.6. The van der Waals surface area contributed by atoms with Gasteiger partial charge in [0.1, 0.15) is 11.4 Å². The Morgan fingerprint density at radius 3 is 1.34 bits per heavy atom. The maximum atomic E-state index is 11.6. The Kier molecular flexibility index (Phi) is 26.0. The second-order valence-electron chi connectivity index (χ2n) is 23.4. The summed E-state index contributed by atoms with van der Waals surface area (Å²) in [5, 5.41) is 48.2. The van der Waals surface area contributed by atoms with Crippen LogP contribution < -0.4 is 0 Å². The molecule has 79 heavy (non-hydrogen) atoms. The molecule has 0 heterocycles. The number of carbonyl (C=O) groups is 1. The lowest BCUT2D eigenvalue weighted by molar-refractivity contribution is -0.337. The predicted molar refractivity (Wildman–Crippen MR) is 322 cm³/mol. The molecule has 6 aliphatic rings. The minimum atomic E-state index is -0.528. The number of benzene rings is 6. The maximum absolute atomic E-state index is 11.6. The fourth-order valence-electron chi connectivity index (χ4n) is 13.0. The molecule has 6 aliphatic carbocycles. The smallest absolute Gasteiger partial charge is 0.140 e. The third kappa shape index (κ3) is 19.8. The summed E-state index contributed by atoms with van der Waals surface area (Å²) < 4.78 is 0. The first-order valence-corrected chi connectivity index (χ1v) is 30.6. The van der Waals surface area contributed by atoms with Gasteiger partial charge in [-0.05, 0) is 142 Å². The van der Waals surface area contributed by atoms with Gasteiger partial charge in [0.15, 0.2) is 0 Å². The highest BCUT2D eigenvalue weighted by atomic mass is 17.1. The minimum Gasteiger partial charge on any atom is -0.393 e. The molecule has 5 N–H and O–H groups in total. The maximum Gasteiger partial charge on any atom is 0.140 e. The summed E-state index contributed by atoms with van der Waals surface area (Å²) in [5.41, 5.74) is 6.56. The van der Waals surface area contributed by atoms with Crippen LogP contribution in [0.3, 0.4) is 0 Å². The molecule has 0 bridgehead atoms. The van der Waals surface area contributed by atoms with Crippen molar-refractivity contribution < 1.29 is 35.4 Å². The molecule has 0 saturated heterocycles. The van der Waals surface area contributed by atoms with E-state index in [1.165, 1.54) is 67.2 Å². The van der Waals surface area contributed by atoms with Crippen molar-refractivity contribution in [2.45, 2.75) is 220 Å². The third-order valence-corrected chi connectivity index (χ3v) is 17.7. The van der Waals surface area contributed by atoms with Gasteiger partial charge in [-0.2, -0.15) is 0 Å². The lowest BCUT2D eigenvalue weighted by atomic mass is 9.80. The van der Waals surface area contributed by atoms with Crippen LogP contribution in [0.2, 0.25) is 0 Å². The number of hydrogen-bond acceptors (Lipinski definition) is 7. The van der Waals surface area contributed by atoms with Gasteiger partial charge in [-0.25, -0.2) is 4.89 Å². The number of aliphatic hydroxyl groups is 4. The van der Waals surface area contributed by atoms with E-state index < -0.39 is 11.2 Å². The molecule has 5 unspecified atom stereocenters. The number of hydrogen-bond donors (Lipinski definition) is 5. The van der Waals surface area contributed by atoms with Crippen molar-refractivity contribution >= 4 is 5.78 Å². The first-order chi connectivity index (χ1) is 38.7. The Labute approximate surface area is 474 Å². The molecular formula is C72H94O7. The zero-order chi connectivity index (χ0) is 55.4. The van der Waals surface area contributed by atoms with E-state index in [4.69, 9.17) is 10.1 Å². The summed E-state index contributed by atoms with van der Waals surface area (Å²) in [7, 11) is 0. The van der Waals surface area contributed by atoms with Crippen molar-refractivity contribution in [3.63, 3.8) is 0 Å². The highest BCUT2D eigenvalue weighted by Gasteiger charge is 2.35. The van der Waals surface area contributed by atoms with E-state index in [1.807, 2.05) is 91.0 Å². The van der Waals surface area contributed by atoms with E-state index in [1.54, 1.807) is 0 Å². The van der Waals surface area contributed by atoms with E-state index in [0.717, 1.165) is 133 Å². The van der Waals surface area contributed by atoms with Crippen LogP contribution in [0.25, 0.3) is 0 Å². The molecule has 5 atom stereocenters. The molecule has 6 aromatic carbocycles. The SMILES string of the molecule is O=C1CCCCC1c1ccccc1.OC1(c2ccccc2)CCCCC1.OC1CCC(c2ccccc2)CC1.OC1CCCC(c2ccccc2)C1.OC1CCCCC1c1ccccc1.OOC1(c2ccccc2)CCCCC1. The zero-order valence-corrected chi connectivity index (χ0v) is 47.3. The second-order valence-corrected chi connectivity index (χ2v) is 23.4. The molecule has 0 aromatic heterocycles. The summed E-state index contributed by atoms with van der Waals surface area (Å²) in [4.78, 5) is 16.4. The van der Waals surface area contributed by atoms with Crippen molar-refractivity contribution in [1.29, 1.82) is 0 Å². The molecule has 12 rings (SSSR count). The molecule has 0 radical (unpaired) electrons. The van der Waals surface area contributed by atoms with E-state index in [9.17, 15) is 25.2 Å². The van der Waals surface area contributed by atoms with E-state index in [0.29, 0.717) is 23.5 Å². The van der Waals surface area contributed by atoms with E-state index >= 15 is 0 Å². The minimum absolute atomic E-state index is 0.0417. The van der Waals surface area contributed by atoms with Gasteiger partial charge in [0.2, 0.25) is 0 Å². The third-order valence-electron chi connectivity index (χ3n) is 17.7. The van der Waals surface area contributed by atoms with Crippen LogP contribution >= 0.6 is 0 Å². The summed E-state index contributed by atoms with van der Waals surface area (Å²) in [6, 6.07) is 61.8. The van der Waals surface area contributed by atoms with E-state index in [2.05, 4.69) is 91.0 Å². The lowest BCUT2D eigenvalue weighted by Crippen LogP contribution is -2.31. The summed E-state index contributed by atoms with van der Waals surface area (Å²) in [6.45, 7) is 0. The standard InChI is InChI=1S/C12H16O2.2C12H16O.C12H14O.2C12H16O/c13-14-12(9-5-2-6-10-12)11-7-3-1-4-8-11;13-12(9-5-2-6-10-12)11-7-3-1-4-8-11;2*13-12-9-5-4-8-11(12)10-6-2-1-3-7-10;13-12-8-4-7-11(9-12)10-5-2-1-3-6-10;13-12-8-6-11(7-9-12)10-4-2-1-3-5-10/h1,3-4,7-8,13H,2,5-6,9-10H2;1,3-4,7-8,13H,2,5-6,9-10H2;1-3,6-7,11-13H,4-5,8-9H2;1-3,6-7,11H,4-5,8-9H2;1-3,5-6,11-13H,4,7-9H2;1-5,11-13H,6-9H2. The Hall–Kier alpha value is -5.25. The molecule has 424 valence electrons. The van der Waals surface area contributed by atoms with Gasteiger partial charge >= 0.3 is 0 Å². The summed E-state index contributed by atoms with van der Waals surface area (Å²) >= 11 is 0. The highest BCUT2D eigenvalue weighted by molar-refractivity contribution is 5.86. The van der Waals surface area contributed by atoms with Crippen LogP contribution in [-0.2, 0) is 20.9 Å². The molecule has 0 amide bonds. The fourth-order valence-corrected chi connectivity index (χ4v) is 13.0.